The van der Waals surface area contributed by atoms with E-state index in [9.17, 15) is 0 Å². The average Bonchev–Trinajstić information content (AvgIpc) is 2.91. The summed E-state index contributed by atoms with van der Waals surface area (Å²) in [6.07, 6.45) is 4.54. The van der Waals surface area contributed by atoms with E-state index in [0.717, 1.165) is 24.2 Å². The lowest BCUT2D eigenvalue weighted by atomic mass is 9.86. The van der Waals surface area contributed by atoms with E-state index >= 15 is 0 Å². The van der Waals surface area contributed by atoms with Gasteiger partial charge < -0.3 is 9.47 Å². The van der Waals surface area contributed by atoms with Crippen LogP contribution < -0.4 is 16.0 Å². The molecule has 1 atom stereocenters. The van der Waals surface area contributed by atoms with Crippen molar-refractivity contribution in [1.82, 2.24) is 5.43 Å². The molecule has 1 aliphatic rings. The first-order chi connectivity index (χ1) is 9.63. The van der Waals surface area contributed by atoms with Crippen molar-refractivity contribution in [3.8, 4) is 5.75 Å². The first kappa shape index (κ1) is 15.3. The van der Waals surface area contributed by atoms with Crippen molar-refractivity contribution in [1.29, 1.82) is 0 Å². The van der Waals surface area contributed by atoms with Crippen LogP contribution in [0.2, 0.25) is 0 Å². The lowest BCUT2D eigenvalue weighted by molar-refractivity contribution is -0.0376. The molecule has 0 spiro atoms. The molecular weight excluding hydrogens is 252 g/mol. The van der Waals surface area contributed by atoms with E-state index in [-0.39, 0.29) is 17.7 Å². The minimum absolute atomic E-state index is 0.0510. The number of benzene rings is 1. The number of hydrogen-bond acceptors (Lipinski definition) is 4. The molecule has 0 aromatic heterocycles. The van der Waals surface area contributed by atoms with Crippen LogP contribution in [0.3, 0.4) is 0 Å². The van der Waals surface area contributed by atoms with Crippen molar-refractivity contribution in [2.75, 3.05) is 7.11 Å². The van der Waals surface area contributed by atoms with Crippen LogP contribution in [-0.4, -0.2) is 18.8 Å². The van der Waals surface area contributed by atoms with Gasteiger partial charge in [0.25, 0.3) is 0 Å². The maximum atomic E-state index is 5.93. The maximum Gasteiger partial charge on any atom is 0.124 e. The van der Waals surface area contributed by atoms with Gasteiger partial charge in [0.05, 0.1) is 17.7 Å². The number of hydrazine groups is 1. The van der Waals surface area contributed by atoms with Crippen LogP contribution >= 0.6 is 0 Å². The van der Waals surface area contributed by atoms with Crippen LogP contribution in [0.5, 0.6) is 5.75 Å². The van der Waals surface area contributed by atoms with E-state index in [1.165, 1.54) is 12.8 Å². The van der Waals surface area contributed by atoms with E-state index in [2.05, 4.69) is 11.5 Å². The molecule has 1 aliphatic carbocycles. The SMILES string of the molecule is COC1(C(NN)c2ccccc2OC(C)C)CCCC1. The number of para-hydroxylation sites is 1. The molecule has 1 unspecified atom stereocenters. The summed E-state index contributed by atoms with van der Waals surface area (Å²) in [7, 11) is 1.78. The number of rotatable bonds is 6. The molecule has 112 valence electrons. The average molecular weight is 278 g/mol. The van der Waals surface area contributed by atoms with Crippen molar-refractivity contribution in [3.05, 3.63) is 29.8 Å². The fraction of sp³-hybridized carbons (Fsp3) is 0.625. The van der Waals surface area contributed by atoms with Gasteiger partial charge in [-0.1, -0.05) is 31.0 Å². The molecule has 0 bridgehead atoms. The summed E-state index contributed by atoms with van der Waals surface area (Å²) in [5, 5.41) is 0. The topological polar surface area (TPSA) is 56.5 Å². The van der Waals surface area contributed by atoms with Gasteiger partial charge in [0.15, 0.2) is 0 Å². The van der Waals surface area contributed by atoms with Crippen LogP contribution in [0.15, 0.2) is 24.3 Å². The second-order valence-electron chi connectivity index (χ2n) is 5.78. The Balaban J connectivity index is 2.36. The summed E-state index contributed by atoms with van der Waals surface area (Å²) in [4.78, 5) is 0. The number of nitrogens with two attached hydrogens (primary N) is 1. The first-order valence-corrected chi connectivity index (χ1v) is 7.40. The molecule has 3 N–H and O–H groups in total. The quantitative estimate of drug-likeness (QED) is 0.620. The maximum absolute atomic E-state index is 5.93. The summed E-state index contributed by atoms with van der Waals surface area (Å²) in [5.74, 6) is 6.74. The summed E-state index contributed by atoms with van der Waals surface area (Å²) in [6.45, 7) is 4.06. The zero-order chi connectivity index (χ0) is 14.6. The van der Waals surface area contributed by atoms with Gasteiger partial charge in [-0.05, 0) is 32.8 Å². The van der Waals surface area contributed by atoms with Crippen molar-refractivity contribution >= 4 is 0 Å². The predicted octanol–water partition coefficient (Wildman–Crippen LogP) is 2.94. The highest BCUT2D eigenvalue weighted by Crippen LogP contribution is 2.44. The third-order valence-corrected chi connectivity index (χ3v) is 4.14. The van der Waals surface area contributed by atoms with Crippen LogP contribution in [-0.2, 0) is 4.74 Å². The Labute approximate surface area is 121 Å². The van der Waals surface area contributed by atoms with Crippen molar-refractivity contribution < 1.29 is 9.47 Å². The smallest absolute Gasteiger partial charge is 0.124 e. The monoisotopic (exact) mass is 278 g/mol. The Kier molecular flexibility index (Phi) is 5.02. The largest absolute Gasteiger partial charge is 0.491 e. The number of ether oxygens (including phenoxy) is 2. The molecule has 4 nitrogen and oxygen atoms in total. The van der Waals surface area contributed by atoms with Crippen LogP contribution in [0.25, 0.3) is 0 Å². The first-order valence-electron chi connectivity index (χ1n) is 7.40. The fourth-order valence-corrected chi connectivity index (χ4v) is 3.19. The van der Waals surface area contributed by atoms with Crippen molar-refractivity contribution in [3.63, 3.8) is 0 Å². The predicted molar refractivity (Wildman–Crippen MR) is 80.5 cm³/mol. The highest BCUT2D eigenvalue weighted by Gasteiger charge is 2.43. The third-order valence-electron chi connectivity index (χ3n) is 4.14. The fourth-order valence-electron chi connectivity index (χ4n) is 3.19. The Morgan fingerprint density at radius 2 is 1.85 bits per heavy atom. The van der Waals surface area contributed by atoms with Crippen molar-refractivity contribution in [2.45, 2.75) is 57.3 Å². The minimum Gasteiger partial charge on any atom is -0.491 e. The van der Waals surface area contributed by atoms with E-state index in [4.69, 9.17) is 15.3 Å². The molecule has 4 heteroatoms. The summed E-state index contributed by atoms with van der Waals surface area (Å²) in [6, 6.07) is 8.03. The molecule has 1 aromatic carbocycles. The van der Waals surface area contributed by atoms with Gasteiger partial charge in [-0.3, -0.25) is 5.84 Å². The zero-order valence-electron chi connectivity index (χ0n) is 12.7. The number of nitrogens with one attached hydrogen (secondary N) is 1. The molecule has 1 fully saturated rings. The van der Waals surface area contributed by atoms with Gasteiger partial charge in [-0.15, -0.1) is 0 Å². The van der Waals surface area contributed by atoms with E-state index in [0.29, 0.717) is 0 Å². The Bertz CT molecular complexity index is 428. The lowest BCUT2D eigenvalue weighted by Gasteiger charge is -2.37. The second-order valence-corrected chi connectivity index (χ2v) is 5.78. The van der Waals surface area contributed by atoms with Gasteiger partial charge >= 0.3 is 0 Å². The highest BCUT2D eigenvalue weighted by molar-refractivity contribution is 5.38. The highest BCUT2D eigenvalue weighted by atomic mass is 16.5. The normalized spacial score (nSPS) is 19.2. The molecular formula is C16H26N2O2. The summed E-state index contributed by atoms with van der Waals surface area (Å²) >= 11 is 0. The molecule has 0 amide bonds. The molecule has 0 saturated heterocycles. The van der Waals surface area contributed by atoms with Gasteiger partial charge in [0.1, 0.15) is 5.75 Å². The molecule has 0 aliphatic heterocycles. The molecule has 0 heterocycles. The van der Waals surface area contributed by atoms with Gasteiger partial charge in [0.2, 0.25) is 0 Å². The summed E-state index contributed by atoms with van der Waals surface area (Å²) in [5.41, 5.74) is 3.81. The number of methoxy groups -OCH3 is 1. The molecule has 1 aromatic rings. The van der Waals surface area contributed by atoms with Crippen molar-refractivity contribution in [2.24, 2.45) is 5.84 Å². The molecule has 20 heavy (non-hydrogen) atoms. The molecule has 0 radical (unpaired) electrons. The van der Waals surface area contributed by atoms with E-state index in [1.54, 1.807) is 7.11 Å². The van der Waals surface area contributed by atoms with Crippen LogP contribution in [0, 0.1) is 0 Å². The minimum atomic E-state index is -0.231. The third kappa shape index (κ3) is 2.97. The number of hydrogen-bond donors (Lipinski definition) is 2. The Hall–Kier alpha value is -1.10. The molecule has 1 saturated carbocycles. The molecule has 2 rings (SSSR count). The van der Waals surface area contributed by atoms with Gasteiger partial charge in [-0.2, -0.15) is 0 Å². The second kappa shape index (κ2) is 6.57. The van der Waals surface area contributed by atoms with E-state index in [1.807, 2.05) is 32.0 Å². The zero-order valence-corrected chi connectivity index (χ0v) is 12.7. The van der Waals surface area contributed by atoms with E-state index < -0.39 is 0 Å². The lowest BCUT2D eigenvalue weighted by Crippen LogP contribution is -2.46. The standard InChI is InChI=1S/C16H26N2O2/c1-12(2)20-14-9-5-4-8-13(14)15(18-17)16(19-3)10-6-7-11-16/h4-5,8-9,12,15,18H,6-7,10-11,17H2,1-3H3. The Morgan fingerprint density at radius 3 is 2.40 bits per heavy atom. The van der Waals surface area contributed by atoms with Crippen LogP contribution in [0.4, 0.5) is 0 Å². The Morgan fingerprint density at radius 1 is 1.20 bits per heavy atom. The summed E-state index contributed by atoms with van der Waals surface area (Å²) < 4.78 is 11.8. The van der Waals surface area contributed by atoms with Crippen LogP contribution in [0.1, 0.15) is 51.1 Å². The van der Waals surface area contributed by atoms with Gasteiger partial charge in [0, 0.05) is 12.7 Å². The van der Waals surface area contributed by atoms with Gasteiger partial charge in [-0.25, -0.2) is 5.43 Å².